The lowest BCUT2D eigenvalue weighted by Crippen LogP contribution is -2.29. The van der Waals surface area contributed by atoms with Crippen molar-refractivity contribution in [1.29, 1.82) is 0 Å². The number of ether oxygens (including phenoxy) is 2. The van der Waals surface area contributed by atoms with Gasteiger partial charge in [-0.25, -0.2) is 9.18 Å². The average molecular weight is 391 g/mol. The Labute approximate surface area is 169 Å². The van der Waals surface area contributed by atoms with Gasteiger partial charge in [-0.3, -0.25) is 0 Å². The third kappa shape index (κ3) is 5.27. The molecule has 1 heterocycles. The van der Waals surface area contributed by atoms with Crippen LogP contribution in [0.15, 0.2) is 12.1 Å². The van der Waals surface area contributed by atoms with Crippen LogP contribution >= 0.6 is 0 Å². The topological polar surface area (TPSA) is 35.5 Å². The number of cyclic esters (lactones) is 1. The second-order valence-electron chi connectivity index (χ2n) is 8.54. The Morgan fingerprint density at radius 3 is 2.39 bits per heavy atom. The molecule has 0 aromatic heterocycles. The molecular weight excluding hydrogens is 355 g/mol. The molecule has 0 saturated heterocycles. The minimum atomic E-state index is -0.582. The molecule has 0 radical (unpaired) electrons. The zero-order valence-electron chi connectivity index (χ0n) is 17.5. The van der Waals surface area contributed by atoms with E-state index < -0.39 is 11.8 Å². The number of unbranched alkanes of at least 4 members (excludes halogenated alkanes) is 1. The fourth-order valence-corrected chi connectivity index (χ4v) is 4.94. The summed E-state index contributed by atoms with van der Waals surface area (Å²) < 4.78 is 25.3. The maximum absolute atomic E-state index is 14.5. The molecule has 0 amide bonds. The van der Waals surface area contributed by atoms with Crippen molar-refractivity contribution in [3.8, 4) is 5.75 Å². The Morgan fingerprint density at radius 2 is 1.71 bits per heavy atom. The lowest BCUT2D eigenvalue weighted by Gasteiger charge is -2.29. The molecule has 1 unspecified atom stereocenters. The van der Waals surface area contributed by atoms with E-state index in [0.717, 1.165) is 30.2 Å². The molecule has 0 spiro atoms. The molecular formula is C24H35FO3. The summed E-state index contributed by atoms with van der Waals surface area (Å²) in [5.41, 5.74) is 0.808. The van der Waals surface area contributed by atoms with Crippen LogP contribution in [0.2, 0.25) is 0 Å². The van der Waals surface area contributed by atoms with E-state index in [-0.39, 0.29) is 17.4 Å². The summed E-state index contributed by atoms with van der Waals surface area (Å²) >= 11 is 0. The highest BCUT2D eigenvalue weighted by Gasteiger charge is 2.30. The van der Waals surface area contributed by atoms with Gasteiger partial charge >= 0.3 is 5.97 Å². The van der Waals surface area contributed by atoms with Crippen LogP contribution in [0.25, 0.3) is 0 Å². The Kier molecular flexibility index (Phi) is 7.75. The van der Waals surface area contributed by atoms with Gasteiger partial charge in [0, 0.05) is 6.42 Å². The lowest BCUT2D eigenvalue weighted by atomic mass is 9.78. The van der Waals surface area contributed by atoms with Crippen LogP contribution in [0, 0.1) is 17.7 Å². The van der Waals surface area contributed by atoms with Gasteiger partial charge in [-0.2, -0.15) is 0 Å². The molecule has 0 bridgehead atoms. The predicted octanol–water partition coefficient (Wildman–Crippen LogP) is 6.47. The van der Waals surface area contributed by atoms with Gasteiger partial charge in [0.15, 0.2) is 11.6 Å². The van der Waals surface area contributed by atoms with E-state index in [9.17, 15) is 9.18 Å². The third-order valence-corrected chi connectivity index (χ3v) is 6.47. The van der Waals surface area contributed by atoms with Crippen LogP contribution in [-0.2, 0) is 11.2 Å². The summed E-state index contributed by atoms with van der Waals surface area (Å²) in [7, 11) is 0. The van der Waals surface area contributed by atoms with Gasteiger partial charge in [-0.05, 0) is 43.2 Å². The number of hydrogen-bond acceptors (Lipinski definition) is 3. The van der Waals surface area contributed by atoms with Crippen molar-refractivity contribution >= 4 is 5.97 Å². The predicted molar refractivity (Wildman–Crippen MR) is 109 cm³/mol. The van der Waals surface area contributed by atoms with Crippen LogP contribution in [-0.4, -0.2) is 18.7 Å². The number of carbonyl (C=O) groups is 1. The van der Waals surface area contributed by atoms with Crippen molar-refractivity contribution < 1.29 is 18.7 Å². The molecule has 2 aliphatic rings. The maximum atomic E-state index is 14.5. The Balaban J connectivity index is 1.42. The summed E-state index contributed by atoms with van der Waals surface area (Å²) in [6.45, 7) is 4.45. The first kappa shape index (κ1) is 21.1. The van der Waals surface area contributed by atoms with Crippen molar-refractivity contribution in [1.82, 2.24) is 0 Å². The molecule has 3 nitrogen and oxygen atoms in total. The van der Waals surface area contributed by atoms with Crippen molar-refractivity contribution in [2.24, 2.45) is 11.8 Å². The summed E-state index contributed by atoms with van der Waals surface area (Å²) in [5, 5.41) is 0. The summed E-state index contributed by atoms with van der Waals surface area (Å²) in [4.78, 5) is 12.3. The molecule has 28 heavy (non-hydrogen) atoms. The van der Waals surface area contributed by atoms with Crippen LogP contribution in [0.5, 0.6) is 5.75 Å². The van der Waals surface area contributed by atoms with Crippen LogP contribution in [0.4, 0.5) is 4.39 Å². The molecule has 1 aromatic rings. The summed E-state index contributed by atoms with van der Waals surface area (Å²) in [6.07, 6.45) is 13.2. The minimum absolute atomic E-state index is 0.0611. The van der Waals surface area contributed by atoms with Crippen molar-refractivity contribution in [3.63, 3.8) is 0 Å². The molecule has 0 N–H and O–H groups in total. The van der Waals surface area contributed by atoms with Crippen molar-refractivity contribution in [3.05, 3.63) is 29.1 Å². The maximum Gasteiger partial charge on any atom is 0.341 e. The lowest BCUT2D eigenvalue weighted by molar-refractivity contribution is 0.0222. The highest BCUT2D eigenvalue weighted by molar-refractivity contribution is 5.93. The fourth-order valence-electron chi connectivity index (χ4n) is 4.94. The number of fused-ring (bicyclic) bond motifs is 1. The molecule has 3 rings (SSSR count). The Bertz CT molecular complexity index is 649. The fraction of sp³-hybridized carbons (Fsp3) is 0.708. The van der Waals surface area contributed by atoms with Gasteiger partial charge in [-0.15, -0.1) is 0 Å². The standard InChI is InChI=1S/C24H35FO3/c1-3-7-17-10-12-18(13-11-17)8-5-6-9-20-16-19-14-15-21(27-4-2)23(25)22(19)24(26)28-20/h14-15,17-18,20H,3-13,16H2,1-2H3. The average Bonchev–Trinajstić information content (AvgIpc) is 2.69. The largest absolute Gasteiger partial charge is 0.491 e. The van der Waals surface area contributed by atoms with Crippen LogP contribution < -0.4 is 4.74 Å². The van der Waals surface area contributed by atoms with Gasteiger partial charge in [0.05, 0.1) is 6.61 Å². The first-order valence-corrected chi connectivity index (χ1v) is 11.3. The van der Waals surface area contributed by atoms with Gasteiger partial charge in [0.1, 0.15) is 11.7 Å². The summed E-state index contributed by atoms with van der Waals surface area (Å²) in [5.74, 6) is 0.853. The number of esters is 1. The Morgan fingerprint density at radius 1 is 1.04 bits per heavy atom. The number of halogens is 1. The minimum Gasteiger partial charge on any atom is -0.491 e. The van der Waals surface area contributed by atoms with E-state index >= 15 is 0 Å². The van der Waals surface area contributed by atoms with E-state index in [1.54, 1.807) is 13.0 Å². The van der Waals surface area contributed by atoms with Crippen LogP contribution in [0.1, 0.15) is 94.0 Å². The Hall–Kier alpha value is -1.58. The smallest absolute Gasteiger partial charge is 0.341 e. The first-order chi connectivity index (χ1) is 13.6. The van der Waals surface area contributed by atoms with Gasteiger partial charge < -0.3 is 9.47 Å². The number of hydrogen-bond donors (Lipinski definition) is 0. The zero-order chi connectivity index (χ0) is 19.9. The molecule has 1 aromatic carbocycles. The van der Waals surface area contributed by atoms with Crippen molar-refractivity contribution in [2.75, 3.05) is 6.61 Å². The molecule has 1 saturated carbocycles. The summed E-state index contributed by atoms with van der Waals surface area (Å²) in [6, 6.07) is 3.44. The molecule has 4 heteroatoms. The molecule has 1 fully saturated rings. The number of carbonyl (C=O) groups excluding carboxylic acids is 1. The molecule has 156 valence electrons. The van der Waals surface area contributed by atoms with E-state index in [4.69, 9.17) is 9.47 Å². The van der Waals surface area contributed by atoms with Gasteiger partial charge in [0.25, 0.3) is 0 Å². The normalized spacial score (nSPS) is 24.5. The quantitative estimate of drug-likeness (QED) is 0.358. The number of benzene rings is 1. The van der Waals surface area contributed by atoms with Crippen LogP contribution in [0.3, 0.4) is 0 Å². The van der Waals surface area contributed by atoms with E-state index in [0.29, 0.717) is 13.0 Å². The van der Waals surface area contributed by atoms with E-state index in [1.807, 2.05) is 6.07 Å². The SMILES string of the molecule is CCCC1CCC(CCCCC2Cc3ccc(OCC)c(F)c3C(=O)O2)CC1. The second kappa shape index (κ2) is 10.3. The second-order valence-corrected chi connectivity index (χ2v) is 8.54. The first-order valence-electron chi connectivity index (χ1n) is 11.3. The third-order valence-electron chi connectivity index (χ3n) is 6.47. The van der Waals surface area contributed by atoms with E-state index in [2.05, 4.69) is 6.92 Å². The molecule has 1 aliphatic heterocycles. The van der Waals surface area contributed by atoms with Gasteiger partial charge in [0.2, 0.25) is 0 Å². The highest BCUT2D eigenvalue weighted by Crippen LogP contribution is 2.35. The molecule has 1 atom stereocenters. The van der Waals surface area contributed by atoms with Gasteiger partial charge in [-0.1, -0.05) is 64.4 Å². The van der Waals surface area contributed by atoms with E-state index in [1.165, 1.54) is 51.4 Å². The molecule has 1 aliphatic carbocycles. The number of rotatable bonds is 9. The monoisotopic (exact) mass is 390 g/mol. The zero-order valence-corrected chi connectivity index (χ0v) is 17.5. The highest BCUT2D eigenvalue weighted by atomic mass is 19.1. The van der Waals surface area contributed by atoms with Crippen molar-refractivity contribution in [2.45, 2.75) is 90.6 Å².